The van der Waals surface area contributed by atoms with Gasteiger partial charge in [-0.25, -0.2) is 14.5 Å². The zero-order valence-corrected chi connectivity index (χ0v) is 15.7. The number of hydrogen-bond acceptors (Lipinski definition) is 7. The van der Waals surface area contributed by atoms with Crippen LogP contribution in [0.1, 0.15) is 18.1 Å². The molecule has 7 nitrogen and oxygen atoms in total. The number of nitrogens with zero attached hydrogens (tertiary/aromatic N) is 4. The highest BCUT2D eigenvalue weighted by Gasteiger charge is 2.10. The number of hydrazone groups is 1. The second kappa shape index (κ2) is 8.54. The monoisotopic (exact) mass is 386 g/mol. The molecule has 0 spiro atoms. The third kappa shape index (κ3) is 4.76. The van der Waals surface area contributed by atoms with E-state index in [0.29, 0.717) is 22.6 Å². The fourth-order valence-electron chi connectivity index (χ4n) is 2.21. The Kier molecular flexibility index (Phi) is 5.92. The highest BCUT2D eigenvalue weighted by atomic mass is 32.2. The van der Waals surface area contributed by atoms with Gasteiger partial charge in [-0.15, -0.1) is 10.2 Å². The summed E-state index contributed by atoms with van der Waals surface area (Å²) in [6.07, 6.45) is 0. The smallest absolute Gasteiger partial charge is 0.264 e. The van der Waals surface area contributed by atoms with Crippen LogP contribution >= 0.6 is 11.8 Å². The Bertz CT molecular complexity index is 924. The van der Waals surface area contributed by atoms with Gasteiger partial charge in [-0.2, -0.15) is 5.10 Å². The number of hydrogen-bond donors (Lipinski definition) is 2. The van der Waals surface area contributed by atoms with Gasteiger partial charge in [-0.1, -0.05) is 36.0 Å². The maximum Gasteiger partial charge on any atom is 0.264 e. The highest BCUT2D eigenvalue weighted by Crippen LogP contribution is 2.23. The normalized spacial score (nSPS) is 11.4. The summed E-state index contributed by atoms with van der Waals surface area (Å²) in [7, 11) is 1.63. The highest BCUT2D eigenvalue weighted by molar-refractivity contribution is 7.98. The third-order valence-electron chi connectivity index (χ3n) is 3.78. The Balaban J connectivity index is 1.62. The molecule has 1 aromatic heterocycles. The molecule has 3 aromatic rings. The number of nitrogens with one attached hydrogen (secondary N) is 1. The van der Waals surface area contributed by atoms with Gasteiger partial charge in [0.05, 0.1) is 12.8 Å². The van der Waals surface area contributed by atoms with Crippen molar-refractivity contribution in [2.75, 3.05) is 18.4 Å². The Morgan fingerprint density at radius 2 is 1.89 bits per heavy atom. The van der Waals surface area contributed by atoms with Gasteiger partial charge in [0.25, 0.3) is 5.95 Å². The number of nitrogen functional groups attached to an aromatic ring is 1. The molecule has 0 saturated carbocycles. The summed E-state index contributed by atoms with van der Waals surface area (Å²) < 4.78 is 19.5. The van der Waals surface area contributed by atoms with Crippen molar-refractivity contribution in [3.8, 4) is 5.75 Å². The van der Waals surface area contributed by atoms with Crippen LogP contribution in [0.4, 0.5) is 10.3 Å². The van der Waals surface area contributed by atoms with Crippen molar-refractivity contribution in [2.24, 2.45) is 5.10 Å². The van der Waals surface area contributed by atoms with E-state index in [2.05, 4.69) is 20.7 Å². The average molecular weight is 386 g/mol. The topological polar surface area (TPSA) is 90.4 Å². The Hall–Kier alpha value is -3.07. The fourth-order valence-corrected chi connectivity index (χ4v) is 3.02. The average Bonchev–Trinajstić information content (AvgIpc) is 3.05. The molecule has 3 rings (SSSR count). The Morgan fingerprint density at radius 3 is 2.56 bits per heavy atom. The SMILES string of the molecule is COc1ccc(CSc2nnc(N/N=C(\C)c3ccc(F)cc3)n2N)cc1. The number of methoxy groups -OCH3 is 1. The first-order valence-corrected chi connectivity index (χ1v) is 9.08. The maximum atomic E-state index is 13.0. The van der Waals surface area contributed by atoms with Crippen molar-refractivity contribution >= 4 is 23.4 Å². The van der Waals surface area contributed by atoms with Crippen molar-refractivity contribution < 1.29 is 9.13 Å². The number of aromatic nitrogens is 3. The first kappa shape index (κ1) is 18.7. The van der Waals surface area contributed by atoms with E-state index >= 15 is 0 Å². The van der Waals surface area contributed by atoms with Crippen molar-refractivity contribution in [2.45, 2.75) is 17.8 Å². The summed E-state index contributed by atoms with van der Waals surface area (Å²) in [4.78, 5) is 0. The predicted octanol–water partition coefficient (Wildman–Crippen LogP) is 3.27. The fraction of sp³-hybridized carbons (Fsp3) is 0.167. The maximum absolute atomic E-state index is 13.0. The van der Waals surface area contributed by atoms with Gasteiger partial charge < -0.3 is 10.6 Å². The molecule has 2 aromatic carbocycles. The van der Waals surface area contributed by atoms with Gasteiger partial charge in [0.1, 0.15) is 11.6 Å². The van der Waals surface area contributed by atoms with Crippen molar-refractivity contribution in [1.29, 1.82) is 0 Å². The molecule has 0 unspecified atom stereocenters. The van der Waals surface area contributed by atoms with Gasteiger partial charge in [0.15, 0.2) is 0 Å². The van der Waals surface area contributed by atoms with Gasteiger partial charge in [-0.05, 0) is 42.3 Å². The number of ether oxygens (including phenoxy) is 1. The van der Waals surface area contributed by atoms with E-state index in [0.717, 1.165) is 16.9 Å². The standard InChI is InChI=1S/C18H19FN6OS/c1-12(14-5-7-15(19)8-6-14)21-22-17-23-24-18(25(17)20)27-11-13-3-9-16(26-2)10-4-13/h3-10H,11,20H2,1-2H3,(H,22,23)/b21-12+. The van der Waals surface area contributed by atoms with Crippen LogP contribution < -0.4 is 16.0 Å². The molecule has 9 heteroatoms. The van der Waals surface area contributed by atoms with Crippen LogP contribution in [0.5, 0.6) is 5.75 Å². The number of anilines is 1. The second-order valence-electron chi connectivity index (χ2n) is 5.63. The molecule has 0 aliphatic carbocycles. The van der Waals surface area contributed by atoms with Crippen LogP contribution in [0.25, 0.3) is 0 Å². The van der Waals surface area contributed by atoms with Crippen LogP contribution in [0.15, 0.2) is 58.8 Å². The number of nitrogens with two attached hydrogens (primary N) is 1. The quantitative estimate of drug-likeness (QED) is 0.280. The number of thioether (sulfide) groups is 1. The van der Waals surface area contributed by atoms with E-state index < -0.39 is 0 Å². The van der Waals surface area contributed by atoms with Crippen LogP contribution in [0.2, 0.25) is 0 Å². The molecular weight excluding hydrogens is 367 g/mol. The zero-order chi connectivity index (χ0) is 19.2. The minimum atomic E-state index is -0.292. The second-order valence-corrected chi connectivity index (χ2v) is 6.57. The summed E-state index contributed by atoms with van der Waals surface area (Å²) >= 11 is 1.46. The number of rotatable bonds is 7. The van der Waals surface area contributed by atoms with E-state index in [-0.39, 0.29) is 5.82 Å². The summed E-state index contributed by atoms with van der Waals surface area (Å²) in [5.74, 6) is 7.55. The van der Waals surface area contributed by atoms with Crippen molar-refractivity contribution in [3.63, 3.8) is 0 Å². The van der Waals surface area contributed by atoms with E-state index in [1.165, 1.54) is 28.6 Å². The van der Waals surface area contributed by atoms with Crippen LogP contribution in [-0.2, 0) is 5.75 Å². The molecule has 0 fully saturated rings. The van der Waals surface area contributed by atoms with Crippen molar-refractivity contribution in [3.05, 3.63) is 65.5 Å². The molecule has 0 aliphatic heterocycles. The summed E-state index contributed by atoms with van der Waals surface area (Å²) in [5, 5.41) is 12.9. The largest absolute Gasteiger partial charge is 0.497 e. The molecule has 0 bridgehead atoms. The first-order valence-electron chi connectivity index (χ1n) is 8.09. The van der Waals surface area contributed by atoms with E-state index in [4.69, 9.17) is 10.6 Å². The molecule has 3 N–H and O–H groups in total. The van der Waals surface area contributed by atoms with Gasteiger partial charge in [0, 0.05) is 5.75 Å². The minimum absolute atomic E-state index is 0.292. The number of benzene rings is 2. The van der Waals surface area contributed by atoms with Crippen LogP contribution in [0, 0.1) is 5.82 Å². The van der Waals surface area contributed by atoms with E-state index in [1.807, 2.05) is 24.3 Å². The zero-order valence-electron chi connectivity index (χ0n) is 14.9. The van der Waals surface area contributed by atoms with Crippen LogP contribution in [-0.4, -0.2) is 27.7 Å². The van der Waals surface area contributed by atoms with E-state index in [9.17, 15) is 4.39 Å². The van der Waals surface area contributed by atoms with Gasteiger partial charge in [-0.3, -0.25) is 0 Å². The molecule has 0 radical (unpaired) electrons. The lowest BCUT2D eigenvalue weighted by Gasteiger charge is -2.05. The predicted molar refractivity (Wildman–Crippen MR) is 105 cm³/mol. The summed E-state index contributed by atoms with van der Waals surface area (Å²) in [6.45, 7) is 1.80. The molecule has 0 amide bonds. The van der Waals surface area contributed by atoms with Gasteiger partial charge in [0.2, 0.25) is 5.16 Å². The molecule has 27 heavy (non-hydrogen) atoms. The molecule has 0 atom stereocenters. The minimum Gasteiger partial charge on any atom is -0.497 e. The van der Waals surface area contributed by atoms with Gasteiger partial charge >= 0.3 is 0 Å². The first-order chi connectivity index (χ1) is 13.1. The molecular formula is C18H19FN6OS. The molecule has 0 saturated heterocycles. The molecule has 1 heterocycles. The molecule has 0 aliphatic rings. The Labute approximate surface area is 160 Å². The van der Waals surface area contributed by atoms with Crippen LogP contribution in [0.3, 0.4) is 0 Å². The Morgan fingerprint density at radius 1 is 1.19 bits per heavy atom. The summed E-state index contributed by atoms with van der Waals surface area (Å²) in [5.41, 5.74) is 5.37. The summed E-state index contributed by atoms with van der Waals surface area (Å²) in [6, 6.07) is 13.9. The van der Waals surface area contributed by atoms with E-state index in [1.54, 1.807) is 26.2 Å². The lowest BCUT2D eigenvalue weighted by molar-refractivity contribution is 0.414. The van der Waals surface area contributed by atoms with Crippen molar-refractivity contribution in [1.82, 2.24) is 14.9 Å². The molecule has 140 valence electrons. The lowest BCUT2D eigenvalue weighted by atomic mass is 10.1. The lowest BCUT2D eigenvalue weighted by Crippen LogP contribution is -2.13. The third-order valence-corrected chi connectivity index (χ3v) is 4.79. The number of halogens is 1.